The maximum atomic E-state index is 5.42. The van der Waals surface area contributed by atoms with Gasteiger partial charge in [0.1, 0.15) is 6.33 Å². The average Bonchev–Trinajstić information content (AvgIpc) is 3.02. The van der Waals surface area contributed by atoms with Gasteiger partial charge in [0.15, 0.2) is 11.6 Å². The molecule has 21 heavy (non-hydrogen) atoms. The highest BCUT2D eigenvalue weighted by Gasteiger charge is 2.19. The van der Waals surface area contributed by atoms with E-state index in [2.05, 4.69) is 32.5 Å². The van der Waals surface area contributed by atoms with Gasteiger partial charge in [0, 0.05) is 25.7 Å². The molecule has 6 nitrogen and oxygen atoms in total. The summed E-state index contributed by atoms with van der Waals surface area (Å²) in [7, 11) is 3.86. The lowest BCUT2D eigenvalue weighted by atomic mass is 10.2. The van der Waals surface area contributed by atoms with Crippen LogP contribution in [0, 0.1) is 0 Å². The monoisotopic (exact) mass is 293 g/mol. The maximum absolute atomic E-state index is 5.42. The van der Waals surface area contributed by atoms with E-state index in [1.54, 1.807) is 13.4 Å². The number of rotatable bonds is 8. The summed E-state index contributed by atoms with van der Waals surface area (Å²) < 4.78 is 5.42. The van der Waals surface area contributed by atoms with Crippen molar-refractivity contribution in [2.45, 2.75) is 38.6 Å². The van der Waals surface area contributed by atoms with E-state index in [0.717, 1.165) is 37.3 Å². The molecule has 0 bridgehead atoms. The molecule has 1 aromatic heterocycles. The fourth-order valence-corrected chi connectivity index (χ4v) is 2.86. The van der Waals surface area contributed by atoms with Crippen LogP contribution in [0.5, 0.6) is 5.75 Å². The van der Waals surface area contributed by atoms with Gasteiger partial charge in [0.2, 0.25) is 5.75 Å². The van der Waals surface area contributed by atoms with Crippen molar-refractivity contribution in [3.05, 3.63) is 6.33 Å². The Labute approximate surface area is 127 Å². The smallest absolute Gasteiger partial charge is 0.204 e. The molecular formula is C15H27N5O. The van der Waals surface area contributed by atoms with E-state index in [9.17, 15) is 0 Å². The summed E-state index contributed by atoms with van der Waals surface area (Å²) in [5.74, 6) is 2.17. The molecule has 118 valence electrons. The largest absolute Gasteiger partial charge is 0.490 e. The summed E-state index contributed by atoms with van der Waals surface area (Å²) in [4.78, 5) is 10.9. The van der Waals surface area contributed by atoms with Gasteiger partial charge in [-0.25, -0.2) is 9.97 Å². The van der Waals surface area contributed by atoms with Gasteiger partial charge >= 0.3 is 0 Å². The van der Waals surface area contributed by atoms with Crippen molar-refractivity contribution in [1.29, 1.82) is 0 Å². The number of aromatic nitrogens is 2. The predicted molar refractivity (Wildman–Crippen MR) is 86.1 cm³/mol. The standard InChI is InChI=1S/C15H27N5O/c1-4-16-14-13(21-3)15(19-11-18-14)17-9-10-20(2)12-7-5-6-8-12/h11-12H,4-10H2,1-3H3,(H2,16,17,18,19). The summed E-state index contributed by atoms with van der Waals surface area (Å²) in [6.45, 7) is 4.70. The molecular weight excluding hydrogens is 266 g/mol. The topological polar surface area (TPSA) is 62.3 Å². The number of nitrogens with zero attached hydrogens (tertiary/aromatic N) is 3. The first-order valence-electron chi connectivity index (χ1n) is 7.83. The summed E-state index contributed by atoms with van der Waals surface area (Å²) in [5, 5.41) is 6.54. The highest BCUT2D eigenvalue weighted by Crippen LogP contribution is 2.28. The Kier molecular flexibility index (Phi) is 6.04. The van der Waals surface area contributed by atoms with E-state index < -0.39 is 0 Å². The molecule has 0 spiro atoms. The molecule has 0 amide bonds. The zero-order chi connectivity index (χ0) is 15.1. The lowest BCUT2D eigenvalue weighted by molar-refractivity contribution is 0.254. The van der Waals surface area contributed by atoms with Crippen LogP contribution in [0.1, 0.15) is 32.6 Å². The van der Waals surface area contributed by atoms with E-state index in [-0.39, 0.29) is 0 Å². The van der Waals surface area contributed by atoms with Crippen LogP contribution < -0.4 is 15.4 Å². The molecule has 2 N–H and O–H groups in total. The molecule has 0 aromatic carbocycles. The molecule has 0 radical (unpaired) electrons. The molecule has 2 rings (SSSR count). The van der Waals surface area contributed by atoms with Gasteiger partial charge in [0.05, 0.1) is 7.11 Å². The quantitative estimate of drug-likeness (QED) is 0.766. The second-order valence-corrected chi connectivity index (χ2v) is 5.48. The Balaban J connectivity index is 1.88. The van der Waals surface area contributed by atoms with Gasteiger partial charge in [-0.05, 0) is 26.8 Å². The molecule has 1 aliphatic carbocycles. The third-order valence-electron chi connectivity index (χ3n) is 4.06. The number of likely N-dealkylation sites (N-methyl/N-ethyl adjacent to an activating group) is 1. The van der Waals surface area contributed by atoms with Gasteiger partial charge in [0.25, 0.3) is 0 Å². The lowest BCUT2D eigenvalue weighted by Crippen LogP contribution is -2.33. The number of nitrogens with one attached hydrogen (secondary N) is 2. The van der Waals surface area contributed by atoms with E-state index >= 15 is 0 Å². The van der Waals surface area contributed by atoms with Crippen LogP contribution in [0.4, 0.5) is 11.6 Å². The first-order valence-corrected chi connectivity index (χ1v) is 7.83. The van der Waals surface area contributed by atoms with Crippen LogP contribution in [0.3, 0.4) is 0 Å². The van der Waals surface area contributed by atoms with Crippen molar-refractivity contribution in [3.63, 3.8) is 0 Å². The molecule has 0 unspecified atom stereocenters. The Morgan fingerprint density at radius 1 is 1.24 bits per heavy atom. The molecule has 1 aliphatic rings. The van der Waals surface area contributed by atoms with Gasteiger partial charge in [-0.3, -0.25) is 0 Å². The maximum Gasteiger partial charge on any atom is 0.204 e. The number of ether oxygens (including phenoxy) is 1. The highest BCUT2D eigenvalue weighted by atomic mass is 16.5. The molecule has 0 aliphatic heterocycles. The molecule has 1 saturated carbocycles. The minimum atomic E-state index is 0.683. The Morgan fingerprint density at radius 2 is 1.90 bits per heavy atom. The van der Waals surface area contributed by atoms with Crippen molar-refractivity contribution in [1.82, 2.24) is 14.9 Å². The van der Waals surface area contributed by atoms with Crippen molar-refractivity contribution in [2.75, 3.05) is 44.4 Å². The normalized spacial score (nSPS) is 15.4. The zero-order valence-corrected chi connectivity index (χ0v) is 13.4. The van der Waals surface area contributed by atoms with Crippen LogP contribution in [0.15, 0.2) is 6.33 Å². The summed E-state index contributed by atoms with van der Waals surface area (Å²) in [5.41, 5.74) is 0. The molecule has 6 heteroatoms. The van der Waals surface area contributed by atoms with E-state index in [1.807, 2.05) is 6.92 Å². The zero-order valence-electron chi connectivity index (χ0n) is 13.4. The number of methoxy groups -OCH3 is 1. The fourth-order valence-electron chi connectivity index (χ4n) is 2.86. The molecule has 0 saturated heterocycles. The van der Waals surface area contributed by atoms with Gasteiger partial charge in [-0.2, -0.15) is 0 Å². The lowest BCUT2D eigenvalue weighted by Gasteiger charge is -2.24. The van der Waals surface area contributed by atoms with Crippen molar-refractivity contribution >= 4 is 11.6 Å². The van der Waals surface area contributed by atoms with E-state index in [0.29, 0.717) is 5.75 Å². The van der Waals surface area contributed by atoms with Crippen LogP contribution in [-0.4, -0.2) is 54.7 Å². The Morgan fingerprint density at radius 3 is 2.52 bits per heavy atom. The first kappa shape index (κ1) is 15.8. The van der Waals surface area contributed by atoms with Crippen LogP contribution >= 0.6 is 0 Å². The van der Waals surface area contributed by atoms with Gasteiger partial charge in [-0.1, -0.05) is 12.8 Å². The summed E-state index contributed by atoms with van der Waals surface area (Å²) in [6.07, 6.45) is 6.96. The first-order chi connectivity index (χ1) is 10.3. The number of hydrogen-bond acceptors (Lipinski definition) is 6. The van der Waals surface area contributed by atoms with Crippen molar-refractivity contribution < 1.29 is 4.74 Å². The molecule has 1 aromatic rings. The third-order valence-corrected chi connectivity index (χ3v) is 4.06. The van der Waals surface area contributed by atoms with Crippen molar-refractivity contribution in [2.24, 2.45) is 0 Å². The van der Waals surface area contributed by atoms with Crippen LogP contribution in [-0.2, 0) is 0 Å². The predicted octanol–water partition coefficient (Wildman–Crippen LogP) is 2.20. The minimum absolute atomic E-state index is 0.683. The Bertz CT molecular complexity index is 434. The fraction of sp³-hybridized carbons (Fsp3) is 0.733. The summed E-state index contributed by atoms with van der Waals surface area (Å²) >= 11 is 0. The summed E-state index contributed by atoms with van der Waals surface area (Å²) in [6, 6.07) is 0.747. The average molecular weight is 293 g/mol. The van der Waals surface area contributed by atoms with Gasteiger partial charge < -0.3 is 20.3 Å². The SMILES string of the molecule is CCNc1ncnc(NCCN(C)C2CCCC2)c1OC. The second kappa shape index (κ2) is 8.02. The third kappa shape index (κ3) is 4.20. The minimum Gasteiger partial charge on any atom is -0.490 e. The van der Waals surface area contributed by atoms with E-state index in [1.165, 1.54) is 25.7 Å². The highest BCUT2D eigenvalue weighted by molar-refractivity contribution is 5.63. The van der Waals surface area contributed by atoms with Crippen LogP contribution in [0.25, 0.3) is 0 Å². The number of anilines is 2. The molecule has 1 heterocycles. The Hall–Kier alpha value is -1.56. The van der Waals surface area contributed by atoms with Crippen LogP contribution in [0.2, 0.25) is 0 Å². The van der Waals surface area contributed by atoms with Gasteiger partial charge in [-0.15, -0.1) is 0 Å². The van der Waals surface area contributed by atoms with Crippen molar-refractivity contribution in [3.8, 4) is 5.75 Å². The second-order valence-electron chi connectivity index (χ2n) is 5.48. The number of hydrogen-bond donors (Lipinski definition) is 2. The molecule has 1 fully saturated rings. The molecule has 0 atom stereocenters. The van der Waals surface area contributed by atoms with E-state index in [4.69, 9.17) is 4.74 Å².